The quantitative estimate of drug-likeness (QED) is 0.449. The third-order valence-corrected chi connectivity index (χ3v) is 4.44. The largest absolute Gasteiger partial charge is 0.467 e. The predicted octanol–water partition coefficient (Wildman–Crippen LogP) is 1.62. The van der Waals surface area contributed by atoms with Crippen LogP contribution < -0.4 is 10.6 Å². The van der Waals surface area contributed by atoms with Crippen LogP contribution in [0.5, 0.6) is 0 Å². The molecule has 1 heterocycles. The minimum absolute atomic E-state index is 0.0489. The van der Waals surface area contributed by atoms with Gasteiger partial charge in [0, 0.05) is 17.0 Å². The highest BCUT2D eigenvalue weighted by atomic mass is 35.5. The smallest absolute Gasteiger partial charge is 0.334 e. The number of hydrogen-bond acceptors (Lipinski definition) is 6. The number of esters is 1. The molecule has 25 heavy (non-hydrogen) atoms. The molecular weight excluding hydrogens is 389 g/mol. The normalized spacial score (nSPS) is 22.4. The van der Waals surface area contributed by atoms with E-state index in [0.29, 0.717) is 0 Å². The van der Waals surface area contributed by atoms with Gasteiger partial charge >= 0.3 is 5.97 Å². The van der Waals surface area contributed by atoms with Gasteiger partial charge in [-0.1, -0.05) is 23.2 Å². The molecule has 1 aromatic carbocycles. The number of thiocarbonyl (C=S) groups is 1. The summed E-state index contributed by atoms with van der Waals surface area (Å²) in [5, 5.41) is 14.3. The zero-order valence-corrected chi connectivity index (χ0v) is 15.1. The Morgan fingerprint density at radius 2 is 2.12 bits per heavy atom. The third-order valence-electron chi connectivity index (χ3n) is 3.68. The summed E-state index contributed by atoms with van der Waals surface area (Å²) in [6, 6.07) is 5.97. The van der Waals surface area contributed by atoms with E-state index in [0.717, 1.165) is 7.11 Å². The number of ketones is 1. The van der Waals surface area contributed by atoms with E-state index >= 15 is 0 Å². The van der Waals surface area contributed by atoms with E-state index in [9.17, 15) is 19.6 Å². The maximum Gasteiger partial charge on any atom is 0.334 e. The molecule has 1 fully saturated rings. The molecule has 0 radical (unpaired) electrons. The molecule has 0 bridgehead atoms. The van der Waals surface area contributed by atoms with Gasteiger partial charge in [0.15, 0.2) is 22.4 Å². The molecule has 7 nitrogen and oxygen atoms in total. The SMILES string of the molecule is COC(=O)[C@]1(CC(=O)c2cc(Cl)ccc2Cl)NC(=S)NC(=O)[C@H]1C#N. The minimum atomic E-state index is -1.97. The van der Waals surface area contributed by atoms with Gasteiger partial charge in [-0.15, -0.1) is 0 Å². The molecule has 1 saturated heterocycles. The lowest BCUT2D eigenvalue weighted by Crippen LogP contribution is -2.70. The maximum atomic E-state index is 12.7. The summed E-state index contributed by atoms with van der Waals surface area (Å²) in [4.78, 5) is 37.2. The fourth-order valence-corrected chi connectivity index (χ4v) is 3.19. The van der Waals surface area contributed by atoms with E-state index in [1.165, 1.54) is 18.2 Å². The first-order chi connectivity index (χ1) is 11.7. The lowest BCUT2D eigenvalue weighted by molar-refractivity contribution is -0.152. The Morgan fingerprint density at radius 3 is 2.72 bits per heavy atom. The summed E-state index contributed by atoms with van der Waals surface area (Å²) in [5.74, 6) is -3.92. The van der Waals surface area contributed by atoms with Crippen molar-refractivity contribution in [3.8, 4) is 6.07 Å². The van der Waals surface area contributed by atoms with Crippen LogP contribution in [0.4, 0.5) is 0 Å². The number of carbonyl (C=O) groups is 3. The standard InChI is InChI=1S/C15H11Cl2N3O4S/c1-24-13(23)15(9(6-18)12(22)19-14(25)20-15)5-11(21)8-4-7(16)2-3-10(8)17/h2-4,9H,5H2,1H3,(H2,19,20,22,25)/t9-,15-/m1/s1. The number of nitrogens with zero attached hydrogens (tertiary/aromatic N) is 1. The number of halogens is 2. The lowest BCUT2D eigenvalue weighted by atomic mass is 9.77. The summed E-state index contributed by atoms with van der Waals surface area (Å²) in [5.41, 5.74) is -1.92. The van der Waals surface area contributed by atoms with Gasteiger partial charge in [-0.25, -0.2) is 4.79 Å². The van der Waals surface area contributed by atoms with Crippen molar-refractivity contribution in [1.82, 2.24) is 10.6 Å². The Kier molecular flexibility index (Phi) is 5.62. The summed E-state index contributed by atoms with van der Waals surface area (Å²) < 4.78 is 4.71. The van der Waals surface area contributed by atoms with Crippen LogP contribution in [-0.4, -0.2) is 35.4 Å². The van der Waals surface area contributed by atoms with Crippen LogP contribution in [0.1, 0.15) is 16.8 Å². The van der Waals surface area contributed by atoms with Crippen LogP contribution in [-0.2, 0) is 14.3 Å². The van der Waals surface area contributed by atoms with Gasteiger partial charge in [0.2, 0.25) is 5.91 Å². The molecule has 2 N–H and O–H groups in total. The highest BCUT2D eigenvalue weighted by Gasteiger charge is 2.55. The summed E-state index contributed by atoms with van der Waals surface area (Å²) in [6.45, 7) is 0. The van der Waals surface area contributed by atoms with Crippen LogP contribution >= 0.6 is 35.4 Å². The summed E-state index contributed by atoms with van der Waals surface area (Å²) >= 11 is 16.8. The zero-order chi connectivity index (χ0) is 18.8. The molecule has 1 aromatic rings. The summed E-state index contributed by atoms with van der Waals surface area (Å²) in [6.07, 6.45) is -0.578. The number of Topliss-reactive ketones (excluding diaryl/α,β-unsaturated/α-hetero) is 1. The van der Waals surface area contributed by atoms with Crippen LogP contribution in [0, 0.1) is 17.2 Å². The number of rotatable bonds is 4. The van der Waals surface area contributed by atoms with E-state index in [4.69, 9.17) is 40.2 Å². The Balaban J connectivity index is 2.51. The molecule has 1 aliphatic heterocycles. The highest BCUT2D eigenvalue weighted by molar-refractivity contribution is 7.80. The molecule has 0 aromatic heterocycles. The first-order valence-corrected chi connectivity index (χ1v) is 8.01. The average molecular weight is 400 g/mol. The van der Waals surface area contributed by atoms with Gasteiger partial charge in [-0.3, -0.25) is 9.59 Å². The fraction of sp³-hybridized carbons (Fsp3) is 0.267. The molecule has 10 heteroatoms. The number of nitrogens with one attached hydrogen (secondary N) is 2. The molecular formula is C15H11Cl2N3O4S. The Morgan fingerprint density at radius 1 is 1.44 bits per heavy atom. The second-order valence-electron chi connectivity index (χ2n) is 5.19. The molecule has 130 valence electrons. The second kappa shape index (κ2) is 7.35. The lowest BCUT2D eigenvalue weighted by Gasteiger charge is -2.38. The van der Waals surface area contributed by atoms with Gasteiger partial charge in [0.05, 0.1) is 18.2 Å². The summed E-state index contributed by atoms with van der Waals surface area (Å²) in [7, 11) is 1.08. The van der Waals surface area contributed by atoms with Gasteiger partial charge < -0.3 is 15.4 Å². The molecule has 2 rings (SSSR count). The maximum absolute atomic E-state index is 12.7. The second-order valence-corrected chi connectivity index (χ2v) is 6.44. The number of amides is 1. The van der Waals surface area contributed by atoms with Gasteiger partial charge in [-0.2, -0.15) is 5.26 Å². The Hall–Kier alpha value is -2.21. The predicted molar refractivity (Wildman–Crippen MR) is 93.1 cm³/mol. The Bertz CT molecular complexity index is 823. The van der Waals surface area contributed by atoms with Crippen molar-refractivity contribution in [3.63, 3.8) is 0 Å². The van der Waals surface area contributed by atoms with Crippen molar-refractivity contribution in [2.24, 2.45) is 5.92 Å². The first-order valence-electron chi connectivity index (χ1n) is 6.84. The van der Waals surface area contributed by atoms with Crippen LogP contribution in [0.2, 0.25) is 10.0 Å². The molecule has 1 amide bonds. The number of nitriles is 1. The van der Waals surface area contributed by atoms with Crippen molar-refractivity contribution in [3.05, 3.63) is 33.8 Å². The third kappa shape index (κ3) is 3.58. The fourth-order valence-electron chi connectivity index (χ4n) is 2.51. The molecule has 2 atom stereocenters. The van der Waals surface area contributed by atoms with E-state index in [1.54, 1.807) is 6.07 Å². The first kappa shape index (κ1) is 19.1. The van der Waals surface area contributed by atoms with Crippen molar-refractivity contribution in [2.45, 2.75) is 12.0 Å². The van der Waals surface area contributed by atoms with E-state index in [-0.39, 0.29) is 20.7 Å². The van der Waals surface area contributed by atoms with E-state index in [1.807, 2.05) is 0 Å². The van der Waals surface area contributed by atoms with Crippen LogP contribution in [0.15, 0.2) is 18.2 Å². The topological polar surface area (TPSA) is 108 Å². The zero-order valence-electron chi connectivity index (χ0n) is 12.8. The molecule has 1 aliphatic rings. The Labute approximate surface area is 158 Å². The van der Waals surface area contributed by atoms with Crippen molar-refractivity contribution in [2.75, 3.05) is 7.11 Å². The average Bonchev–Trinajstić information content (AvgIpc) is 2.55. The van der Waals surface area contributed by atoms with Crippen molar-refractivity contribution in [1.29, 1.82) is 5.26 Å². The van der Waals surface area contributed by atoms with Gasteiger partial charge in [-0.05, 0) is 30.4 Å². The van der Waals surface area contributed by atoms with E-state index in [2.05, 4.69) is 10.6 Å². The van der Waals surface area contributed by atoms with E-state index < -0.39 is 35.5 Å². The van der Waals surface area contributed by atoms with Gasteiger partial charge in [0.1, 0.15) is 0 Å². The number of methoxy groups -OCH3 is 1. The molecule has 0 saturated carbocycles. The van der Waals surface area contributed by atoms with Crippen LogP contribution in [0.25, 0.3) is 0 Å². The highest BCUT2D eigenvalue weighted by Crippen LogP contribution is 2.30. The molecule has 0 aliphatic carbocycles. The minimum Gasteiger partial charge on any atom is -0.467 e. The monoisotopic (exact) mass is 399 g/mol. The number of benzene rings is 1. The molecule has 0 spiro atoms. The molecule has 0 unspecified atom stereocenters. The van der Waals surface area contributed by atoms with Crippen molar-refractivity contribution < 1.29 is 19.1 Å². The van der Waals surface area contributed by atoms with Gasteiger partial charge in [0.25, 0.3) is 0 Å². The van der Waals surface area contributed by atoms with Crippen molar-refractivity contribution >= 4 is 58.2 Å². The van der Waals surface area contributed by atoms with Crippen LogP contribution in [0.3, 0.4) is 0 Å². The number of ether oxygens (including phenoxy) is 1. The number of hydrogen-bond donors (Lipinski definition) is 2. The number of carbonyl (C=O) groups excluding carboxylic acids is 3.